The summed E-state index contributed by atoms with van der Waals surface area (Å²) < 4.78 is 11.0. The highest BCUT2D eigenvalue weighted by Gasteiger charge is 2.70. The summed E-state index contributed by atoms with van der Waals surface area (Å²) in [5.74, 6) is -2.42. The number of hydrogen-bond acceptors (Lipinski definition) is 10. The van der Waals surface area contributed by atoms with E-state index >= 15 is 0 Å². The van der Waals surface area contributed by atoms with E-state index in [1.165, 1.54) is 28.5 Å². The molecule has 16 heteroatoms. The maximum atomic E-state index is 13.4. The van der Waals surface area contributed by atoms with Gasteiger partial charge in [0.2, 0.25) is 5.91 Å². The molecule has 5 amide bonds. The first-order valence-electron chi connectivity index (χ1n) is 19.0. The lowest BCUT2D eigenvalue weighted by Gasteiger charge is -2.59. The number of carbonyl (C=O) groups excluding carboxylic acids is 5. The van der Waals surface area contributed by atoms with Crippen molar-refractivity contribution in [3.05, 3.63) is 0 Å². The highest BCUT2D eigenvalue weighted by atomic mass is 16.6. The molecule has 4 fully saturated rings. The van der Waals surface area contributed by atoms with Gasteiger partial charge in [0.25, 0.3) is 11.8 Å². The number of rotatable bonds is 6. The molecule has 4 heterocycles. The van der Waals surface area contributed by atoms with E-state index in [4.69, 9.17) is 9.47 Å². The molecule has 6 unspecified atom stereocenters. The van der Waals surface area contributed by atoms with E-state index in [0.29, 0.717) is 25.7 Å². The molecule has 0 radical (unpaired) electrons. The lowest BCUT2D eigenvalue weighted by Crippen LogP contribution is -2.82. The molecular formula is C38H65N5O11. The third-order valence-corrected chi connectivity index (χ3v) is 10.8. The number of carboxylic acids is 1. The van der Waals surface area contributed by atoms with Gasteiger partial charge in [-0.2, -0.15) is 0 Å². The number of nitrogens with one attached hydrogen (secondary N) is 1. The van der Waals surface area contributed by atoms with Crippen LogP contribution in [0.2, 0.25) is 0 Å². The SMILES string of the molecule is CC1CCC2(C(=O)N([C@H](C(=O)NC(C)(C)C)[C@@H](C)O)C2C)N1C(=O)OC(C)(C)C.CC1CCC2(C(=O)N([C@H](C(=O)O)[C@@H](C)O)C2C)N1C(=O)OC(C)(C)C. The minimum Gasteiger partial charge on any atom is -0.480 e. The molecule has 10 atom stereocenters. The zero-order chi connectivity index (χ0) is 41.8. The summed E-state index contributed by atoms with van der Waals surface area (Å²) in [5, 5.41) is 32.3. The van der Waals surface area contributed by atoms with E-state index in [9.17, 15) is 44.1 Å². The number of aliphatic hydroxyl groups is 2. The summed E-state index contributed by atoms with van der Waals surface area (Å²) >= 11 is 0. The second-order valence-electron chi connectivity index (χ2n) is 18.5. The van der Waals surface area contributed by atoms with Gasteiger partial charge in [-0.05, 0) is 130 Å². The van der Waals surface area contributed by atoms with Crippen LogP contribution in [0.4, 0.5) is 9.59 Å². The van der Waals surface area contributed by atoms with E-state index in [1.54, 1.807) is 53.4 Å². The van der Waals surface area contributed by atoms with Crippen LogP contribution in [0.3, 0.4) is 0 Å². The number of β-lactam (4-membered cyclic amide) rings is 2. The number of hydrogen-bond donors (Lipinski definition) is 4. The van der Waals surface area contributed by atoms with Crippen LogP contribution in [0.15, 0.2) is 0 Å². The molecule has 4 saturated heterocycles. The number of likely N-dealkylation sites (tertiary alicyclic amines) is 4. The number of amides is 5. The predicted octanol–water partition coefficient (Wildman–Crippen LogP) is 3.25. The zero-order valence-corrected chi connectivity index (χ0v) is 34.8. The third kappa shape index (κ3) is 8.14. The molecule has 0 saturated carbocycles. The number of carboxylic acid groups (broad SMARTS) is 1. The number of nitrogens with zero attached hydrogens (tertiary/aromatic N) is 4. The fraction of sp³-hybridized carbons (Fsp3) is 0.842. The van der Waals surface area contributed by atoms with Crippen LogP contribution in [0, 0.1) is 0 Å². The molecule has 2 spiro atoms. The molecule has 0 bridgehead atoms. The van der Waals surface area contributed by atoms with E-state index in [2.05, 4.69) is 5.32 Å². The quantitative estimate of drug-likeness (QED) is 0.289. The largest absolute Gasteiger partial charge is 0.480 e. The fourth-order valence-corrected chi connectivity index (χ4v) is 8.49. The summed E-state index contributed by atoms with van der Waals surface area (Å²) in [5.41, 5.74) is -3.99. The van der Waals surface area contributed by atoms with Crippen LogP contribution in [-0.2, 0) is 28.7 Å². The molecular weight excluding hydrogens is 702 g/mol. The highest BCUT2D eigenvalue weighted by molar-refractivity contribution is 6.01. The molecule has 54 heavy (non-hydrogen) atoms. The van der Waals surface area contributed by atoms with Crippen molar-refractivity contribution in [3.8, 4) is 0 Å². The summed E-state index contributed by atoms with van der Waals surface area (Å²) in [6.07, 6.45) is -1.07. The van der Waals surface area contributed by atoms with Crippen molar-refractivity contribution in [2.75, 3.05) is 0 Å². The van der Waals surface area contributed by atoms with Crippen LogP contribution in [0.5, 0.6) is 0 Å². The summed E-state index contributed by atoms with van der Waals surface area (Å²) in [6, 6.07) is -3.61. The van der Waals surface area contributed by atoms with Crippen molar-refractivity contribution in [2.45, 2.75) is 206 Å². The van der Waals surface area contributed by atoms with Gasteiger partial charge < -0.3 is 39.9 Å². The Morgan fingerprint density at radius 3 is 1.28 bits per heavy atom. The first-order valence-corrected chi connectivity index (χ1v) is 19.0. The van der Waals surface area contributed by atoms with E-state index in [0.717, 1.165) is 0 Å². The van der Waals surface area contributed by atoms with E-state index in [1.807, 2.05) is 41.5 Å². The third-order valence-electron chi connectivity index (χ3n) is 10.8. The highest BCUT2D eigenvalue weighted by Crippen LogP contribution is 2.50. The normalized spacial score (nSPS) is 30.5. The van der Waals surface area contributed by atoms with Crippen LogP contribution in [-0.4, -0.2) is 147 Å². The van der Waals surface area contributed by atoms with Crippen molar-refractivity contribution < 1.29 is 53.6 Å². The Kier molecular flexibility index (Phi) is 12.5. The second kappa shape index (κ2) is 15.1. The van der Waals surface area contributed by atoms with Crippen molar-refractivity contribution in [1.29, 1.82) is 0 Å². The zero-order valence-electron chi connectivity index (χ0n) is 34.8. The molecule has 0 aromatic heterocycles. The molecule has 4 N–H and O–H groups in total. The molecule has 0 aliphatic carbocycles. The van der Waals surface area contributed by atoms with Crippen molar-refractivity contribution >= 4 is 35.9 Å². The topological polar surface area (TPSA) is 207 Å². The molecule has 308 valence electrons. The first kappa shape index (κ1) is 44.7. The second-order valence-corrected chi connectivity index (χ2v) is 18.5. The molecule has 16 nitrogen and oxygen atoms in total. The summed E-state index contributed by atoms with van der Waals surface area (Å²) in [4.78, 5) is 81.9. The molecule has 0 aromatic carbocycles. The lowest BCUT2D eigenvalue weighted by molar-refractivity contribution is -0.188. The van der Waals surface area contributed by atoms with Gasteiger partial charge in [0, 0.05) is 17.6 Å². The first-order chi connectivity index (χ1) is 24.4. The Balaban J connectivity index is 0.000000294. The number of aliphatic hydroxyl groups excluding tert-OH is 2. The Hall–Kier alpha value is -3.66. The average molecular weight is 768 g/mol. The van der Waals surface area contributed by atoms with Crippen LogP contribution in [0.1, 0.15) is 130 Å². The Labute approximate surface area is 319 Å². The number of carbonyl (C=O) groups is 6. The van der Waals surface area contributed by atoms with Crippen molar-refractivity contribution in [2.24, 2.45) is 0 Å². The van der Waals surface area contributed by atoms with Gasteiger partial charge >= 0.3 is 18.2 Å². The summed E-state index contributed by atoms with van der Waals surface area (Å²) in [6.45, 7) is 26.3. The van der Waals surface area contributed by atoms with Crippen molar-refractivity contribution in [1.82, 2.24) is 24.9 Å². The Bertz CT molecular complexity index is 1480. The molecule has 4 rings (SSSR count). The molecule has 4 aliphatic rings. The Morgan fingerprint density at radius 1 is 0.685 bits per heavy atom. The standard InChI is InChI=1S/C21H37N3O5.C17H28N2O6/c1-12-10-11-21(24(12)18(28)29-20(7,8)9)14(3)23(17(21)27)15(13(2)25)16(26)22-19(4,5)6;1-9-7-8-17(19(9)15(24)25-16(4,5)6)11(3)18(14(17)23)12(10(2)20)13(21)22/h12-15,25H,10-11H2,1-9H3,(H,22,26);9-12,20H,7-8H2,1-6H3,(H,21,22)/t12?,13-,14?,15+,21?;9?,10-,11?,12+,17?/m11/s1. The lowest BCUT2D eigenvalue weighted by atomic mass is 9.75. The monoisotopic (exact) mass is 767 g/mol. The fourth-order valence-electron chi connectivity index (χ4n) is 8.49. The van der Waals surface area contributed by atoms with E-state index in [-0.39, 0.29) is 18.0 Å². The number of ether oxygens (including phenoxy) is 2. The van der Waals surface area contributed by atoms with Gasteiger partial charge in [-0.15, -0.1) is 0 Å². The van der Waals surface area contributed by atoms with Gasteiger partial charge in [0.15, 0.2) is 6.04 Å². The molecule has 4 aliphatic heterocycles. The van der Waals surface area contributed by atoms with Crippen LogP contribution in [0.25, 0.3) is 0 Å². The smallest absolute Gasteiger partial charge is 0.411 e. The van der Waals surface area contributed by atoms with Gasteiger partial charge in [-0.1, -0.05) is 0 Å². The van der Waals surface area contributed by atoms with Gasteiger partial charge in [0.05, 0.1) is 24.3 Å². The van der Waals surface area contributed by atoms with Crippen molar-refractivity contribution in [3.63, 3.8) is 0 Å². The molecule has 0 aromatic rings. The average Bonchev–Trinajstić information content (AvgIpc) is 3.54. The maximum Gasteiger partial charge on any atom is 0.411 e. The minimum atomic E-state index is -1.33. The van der Waals surface area contributed by atoms with E-state index < -0.39 is 94.2 Å². The van der Waals surface area contributed by atoms with Gasteiger partial charge in [0.1, 0.15) is 28.3 Å². The van der Waals surface area contributed by atoms with Crippen LogP contribution < -0.4 is 5.32 Å². The predicted molar refractivity (Wildman–Crippen MR) is 198 cm³/mol. The van der Waals surface area contributed by atoms with Gasteiger partial charge in [-0.3, -0.25) is 24.2 Å². The van der Waals surface area contributed by atoms with Gasteiger partial charge in [-0.25, -0.2) is 14.4 Å². The Morgan fingerprint density at radius 2 is 1.02 bits per heavy atom. The number of aliphatic carboxylic acids is 1. The summed E-state index contributed by atoms with van der Waals surface area (Å²) in [7, 11) is 0. The minimum absolute atomic E-state index is 0.146. The maximum absolute atomic E-state index is 13.4. The van der Waals surface area contributed by atoms with Crippen LogP contribution >= 0.6 is 0 Å².